The molecule has 1 unspecified atom stereocenters. The van der Waals surface area contributed by atoms with Crippen LogP contribution in [-0.4, -0.2) is 159 Å². The molecule has 7 aromatic rings. The summed E-state index contributed by atoms with van der Waals surface area (Å²) in [6.07, 6.45) is 0.877. The van der Waals surface area contributed by atoms with Gasteiger partial charge in [-0.2, -0.15) is 0 Å². The number of hydrogen-bond acceptors (Lipinski definition) is 17. The summed E-state index contributed by atoms with van der Waals surface area (Å²) in [5.74, 6) is 0.821. The van der Waals surface area contributed by atoms with E-state index in [2.05, 4.69) is 24.8 Å². The number of para-hydroxylation sites is 1. The largest absolute Gasteiger partial charge is 0.496 e. The number of carboxylic acid groups (broad SMARTS) is 1. The molecule has 3 aliphatic heterocycles. The van der Waals surface area contributed by atoms with E-state index in [1.807, 2.05) is 43.3 Å². The second-order valence-corrected chi connectivity index (χ2v) is 19.4. The molecule has 4 aromatic carbocycles. The molecule has 4 bridgehead atoms. The van der Waals surface area contributed by atoms with E-state index < -0.39 is 18.2 Å². The average Bonchev–Trinajstić information content (AvgIpc) is 3.85. The van der Waals surface area contributed by atoms with Gasteiger partial charge < -0.3 is 47.7 Å². The van der Waals surface area contributed by atoms with Crippen LogP contribution in [0.5, 0.6) is 28.9 Å². The summed E-state index contributed by atoms with van der Waals surface area (Å²) < 4.78 is 68.2. The van der Waals surface area contributed by atoms with Crippen molar-refractivity contribution >= 4 is 39.1 Å². The summed E-state index contributed by atoms with van der Waals surface area (Å²) in [6.45, 7) is 10.4. The van der Waals surface area contributed by atoms with Crippen molar-refractivity contribution in [3.8, 4) is 61.8 Å². The SMILES string of the molecule is COCCOCCOCCOCCN1CCN(CC2COc3ccc(OCc4ccnc(-c5ccccc5OC)n4)c(c3)C[C@H](C(=O)O)Oc3ncnc4sc(-c5ccc(F)cc5)c(c34)-c3ccc(c(Cl)c3C)O2)CC1. The number of methoxy groups -OCH3 is 2. The number of ether oxygens (including phenoxy) is 9. The number of halogens is 2. The molecule has 1 saturated heterocycles. The van der Waals surface area contributed by atoms with Crippen LogP contribution in [0.3, 0.4) is 0 Å². The van der Waals surface area contributed by atoms with Crippen molar-refractivity contribution in [2.45, 2.75) is 32.2 Å². The summed E-state index contributed by atoms with van der Waals surface area (Å²) >= 11 is 8.67. The van der Waals surface area contributed by atoms with E-state index >= 15 is 0 Å². The van der Waals surface area contributed by atoms with Crippen LogP contribution >= 0.6 is 22.9 Å². The number of benzene rings is 4. The Bertz CT molecular complexity index is 3050. The fourth-order valence-corrected chi connectivity index (χ4v) is 10.3. The van der Waals surface area contributed by atoms with Gasteiger partial charge >= 0.3 is 5.97 Å². The number of fused-ring (bicyclic) bond motifs is 7. The van der Waals surface area contributed by atoms with E-state index in [-0.39, 0.29) is 31.3 Å². The molecule has 1 N–H and O–H groups in total. The Morgan fingerprint density at radius 3 is 2.34 bits per heavy atom. The van der Waals surface area contributed by atoms with Gasteiger partial charge in [-0.25, -0.2) is 29.1 Å². The summed E-state index contributed by atoms with van der Waals surface area (Å²) in [5, 5.41) is 11.8. The van der Waals surface area contributed by atoms with Crippen LogP contribution < -0.4 is 23.7 Å². The smallest absolute Gasteiger partial charge is 0.345 e. The van der Waals surface area contributed by atoms with Gasteiger partial charge in [-0.1, -0.05) is 41.9 Å². The molecule has 17 nitrogen and oxygen atoms in total. The minimum absolute atomic E-state index is 0.0302. The molecule has 20 heteroatoms. The molecule has 6 heterocycles. The van der Waals surface area contributed by atoms with E-state index in [4.69, 9.17) is 59.2 Å². The Balaban J connectivity index is 0.993. The lowest BCUT2D eigenvalue weighted by molar-refractivity contribution is -0.145. The number of nitrogens with zero attached hydrogens (tertiary/aromatic N) is 6. The lowest BCUT2D eigenvalue weighted by Crippen LogP contribution is -2.50. The van der Waals surface area contributed by atoms with Gasteiger partial charge in [-0.15, -0.1) is 11.3 Å². The monoisotopic (exact) mass is 1080 g/mol. The van der Waals surface area contributed by atoms with Crippen molar-refractivity contribution in [2.75, 3.05) is 106 Å². The second-order valence-electron chi connectivity index (χ2n) is 18.0. The van der Waals surface area contributed by atoms with E-state index in [1.54, 1.807) is 56.8 Å². The van der Waals surface area contributed by atoms with Crippen LogP contribution in [0.1, 0.15) is 16.8 Å². The van der Waals surface area contributed by atoms with Gasteiger partial charge in [0, 0.05) is 75.0 Å². The molecular formula is C56H60ClFN6O11S. The highest BCUT2D eigenvalue weighted by Crippen LogP contribution is 2.50. The first-order chi connectivity index (χ1) is 37.1. The molecule has 0 saturated carbocycles. The zero-order chi connectivity index (χ0) is 52.8. The highest BCUT2D eigenvalue weighted by molar-refractivity contribution is 7.22. The number of hydrogen-bond donors (Lipinski definition) is 1. The molecule has 1 fully saturated rings. The fourth-order valence-electron chi connectivity index (χ4n) is 8.98. The molecule has 0 spiro atoms. The summed E-state index contributed by atoms with van der Waals surface area (Å²) in [6, 6.07) is 24.4. The maximum atomic E-state index is 14.4. The predicted octanol–water partition coefficient (Wildman–Crippen LogP) is 8.70. The van der Waals surface area contributed by atoms with Gasteiger partial charge in [0.2, 0.25) is 12.0 Å². The van der Waals surface area contributed by atoms with Crippen molar-refractivity contribution in [1.29, 1.82) is 0 Å². The molecule has 76 heavy (non-hydrogen) atoms. The van der Waals surface area contributed by atoms with Crippen molar-refractivity contribution in [3.63, 3.8) is 0 Å². The lowest BCUT2D eigenvalue weighted by atomic mass is 9.96. The molecule has 2 atom stereocenters. The Labute approximate surface area is 449 Å². The van der Waals surface area contributed by atoms with Crippen molar-refractivity contribution in [1.82, 2.24) is 29.7 Å². The molecule has 0 radical (unpaired) electrons. The van der Waals surface area contributed by atoms with Crippen LogP contribution in [0.15, 0.2) is 97.5 Å². The highest BCUT2D eigenvalue weighted by Gasteiger charge is 2.30. The molecule has 3 aliphatic rings. The third-order valence-corrected chi connectivity index (χ3v) is 14.6. The van der Waals surface area contributed by atoms with Gasteiger partial charge in [-0.3, -0.25) is 9.80 Å². The highest BCUT2D eigenvalue weighted by atomic mass is 35.5. The van der Waals surface area contributed by atoms with Gasteiger partial charge in [-0.05, 0) is 78.2 Å². The Morgan fingerprint density at radius 1 is 0.829 bits per heavy atom. The number of carboxylic acids is 1. The standard InChI is InChI=1S/C56H60ClFN6O11S/c1-36-43-13-15-47(51(36)57)74-42(32-64-20-18-63(19-21-64)22-23-69-26-27-71-29-28-70-25-24-67-2)34-72-41-12-14-45(73-33-40-16-17-59-53(62-40)44-6-4-5-7-46(44)68-3)38(30-41)31-48(56(65)66)75-54-50-49(43)52(76-55(50)61-35-60-54)37-8-10-39(58)11-9-37/h4-17,30,35,42,48H,18-29,31-34H2,1-3H3,(H,65,66)/t42?,48-/m1/s1. The van der Waals surface area contributed by atoms with Crippen LogP contribution in [0.4, 0.5) is 4.39 Å². The predicted molar refractivity (Wildman–Crippen MR) is 286 cm³/mol. The first-order valence-electron chi connectivity index (χ1n) is 25.1. The molecule has 400 valence electrons. The summed E-state index contributed by atoms with van der Waals surface area (Å²) in [7, 11) is 3.24. The lowest BCUT2D eigenvalue weighted by Gasteiger charge is -2.36. The first-order valence-corrected chi connectivity index (χ1v) is 26.2. The van der Waals surface area contributed by atoms with Gasteiger partial charge in [0.05, 0.1) is 75.0 Å². The Hall–Kier alpha value is -6.55. The molecular weight excluding hydrogens is 1020 g/mol. The normalized spacial score (nSPS) is 16.2. The molecule has 0 aliphatic carbocycles. The van der Waals surface area contributed by atoms with Crippen LogP contribution in [0.25, 0.3) is 43.2 Å². The van der Waals surface area contributed by atoms with Crippen LogP contribution in [-0.2, 0) is 36.8 Å². The third-order valence-electron chi connectivity index (χ3n) is 13.0. The first kappa shape index (κ1) is 54.2. The number of carbonyl (C=O) groups is 1. The van der Waals surface area contributed by atoms with E-state index in [9.17, 15) is 14.3 Å². The van der Waals surface area contributed by atoms with Crippen molar-refractivity contribution in [2.24, 2.45) is 0 Å². The quantitative estimate of drug-likeness (QED) is 0.0675. The second kappa shape index (κ2) is 26.5. The van der Waals surface area contributed by atoms with Gasteiger partial charge in [0.25, 0.3) is 0 Å². The summed E-state index contributed by atoms with van der Waals surface area (Å²) in [4.78, 5) is 37.8. The Kier molecular flexibility index (Phi) is 18.9. The van der Waals surface area contributed by atoms with Gasteiger partial charge in [0.1, 0.15) is 59.3 Å². The number of aliphatic carboxylic acids is 1. The van der Waals surface area contributed by atoms with Crippen LogP contribution in [0.2, 0.25) is 5.02 Å². The maximum absolute atomic E-state index is 14.4. The summed E-state index contributed by atoms with van der Waals surface area (Å²) in [5.41, 5.74) is 4.57. The van der Waals surface area contributed by atoms with Crippen molar-refractivity contribution < 1.29 is 56.9 Å². The number of rotatable bonds is 21. The maximum Gasteiger partial charge on any atom is 0.345 e. The molecule has 3 aromatic heterocycles. The third kappa shape index (κ3) is 13.7. The van der Waals surface area contributed by atoms with Crippen molar-refractivity contribution in [3.05, 3.63) is 125 Å². The van der Waals surface area contributed by atoms with E-state index in [1.165, 1.54) is 29.8 Å². The molecule has 0 amide bonds. The molecule has 10 rings (SSSR count). The minimum atomic E-state index is -1.46. The van der Waals surface area contributed by atoms with E-state index in [0.29, 0.717) is 130 Å². The number of aromatic nitrogens is 4. The zero-order valence-corrected chi connectivity index (χ0v) is 44.2. The fraction of sp³-hybridized carbons (Fsp3) is 0.375. The van der Waals surface area contributed by atoms with Crippen LogP contribution in [0, 0.1) is 12.7 Å². The van der Waals surface area contributed by atoms with E-state index in [0.717, 1.165) is 43.2 Å². The zero-order valence-electron chi connectivity index (χ0n) is 42.6. The topological polar surface area (TPSA) is 178 Å². The Morgan fingerprint density at radius 2 is 1.58 bits per heavy atom. The average molecular weight is 1080 g/mol. The minimum Gasteiger partial charge on any atom is -0.496 e. The number of piperazine rings is 1. The number of thiophene rings is 1. The van der Waals surface area contributed by atoms with Gasteiger partial charge in [0.15, 0.2) is 5.82 Å².